The number of hydrogen-bond acceptors (Lipinski definition) is 3. The van der Waals surface area contributed by atoms with Crippen LogP contribution >= 0.6 is 0 Å². The van der Waals surface area contributed by atoms with E-state index in [4.69, 9.17) is 0 Å². The summed E-state index contributed by atoms with van der Waals surface area (Å²) >= 11 is 0. The fraction of sp³-hybridized carbons (Fsp3) is 0.650. The number of nitrogens with one attached hydrogen (secondary N) is 2. The van der Waals surface area contributed by atoms with Gasteiger partial charge in [-0.05, 0) is 56.3 Å². The van der Waals surface area contributed by atoms with Crippen molar-refractivity contribution in [3.8, 4) is 0 Å². The van der Waals surface area contributed by atoms with E-state index in [2.05, 4.69) is 54.5 Å². The predicted octanol–water partition coefficient (Wildman–Crippen LogP) is 2.82. The minimum Gasteiger partial charge on any atom is -0.373 e. The van der Waals surface area contributed by atoms with Crippen LogP contribution in [0.15, 0.2) is 18.2 Å². The molecule has 0 aliphatic carbocycles. The van der Waals surface area contributed by atoms with Gasteiger partial charge in [-0.1, -0.05) is 31.5 Å². The highest BCUT2D eigenvalue weighted by molar-refractivity contribution is 5.87. The number of hydrogen-bond donors (Lipinski definition) is 2. The van der Waals surface area contributed by atoms with Gasteiger partial charge in [-0.3, -0.25) is 4.79 Å². The van der Waals surface area contributed by atoms with Gasteiger partial charge in [0.25, 0.3) is 0 Å². The Hall–Kier alpha value is -1.55. The van der Waals surface area contributed by atoms with Crippen molar-refractivity contribution in [2.24, 2.45) is 11.8 Å². The van der Waals surface area contributed by atoms with Gasteiger partial charge in [-0.2, -0.15) is 0 Å². The Bertz CT molecular complexity index is 576. The summed E-state index contributed by atoms with van der Waals surface area (Å²) in [6, 6.07) is 6.25. The molecule has 2 N–H and O–H groups in total. The molecule has 2 aliphatic rings. The Morgan fingerprint density at radius 2 is 2.08 bits per heavy atom. The maximum atomic E-state index is 12.5. The van der Waals surface area contributed by atoms with E-state index in [1.165, 1.54) is 43.6 Å². The summed E-state index contributed by atoms with van der Waals surface area (Å²) in [6.07, 6.45) is 3.20. The highest BCUT2D eigenvalue weighted by Gasteiger charge is 2.27. The van der Waals surface area contributed by atoms with Crippen LogP contribution in [0.3, 0.4) is 0 Å². The number of amides is 1. The van der Waals surface area contributed by atoms with E-state index in [1.807, 2.05) is 0 Å². The molecule has 4 nitrogen and oxygen atoms in total. The molecule has 0 bridgehead atoms. The zero-order valence-electron chi connectivity index (χ0n) is 15.3. The lowest BCUT2D eigenvalue weighted by molar-refractivity contribution is -0.122. The summed E-state index contributed by atoms with van der Waals surface area (Å²) in [4.78, 5) is 15.0. The van der Waals surface area contributed by atoms with Crippen LogP contribution in [0.5, 0.6) is 0 Å². The first-order chi connectivity index (χ1) is 11.5. The van der Waals surface area contributed by atoms with Crippen LogP contribution in [0.4, 0.5) is 5.69 Å². The lowest BCUT2D eigenvalue weighted by Gasteiger charge is -2.33. The first-order valence-electron chi connectivity index (χ1n) is 9.37. The Morgan fingerprint density at radius 1 is 1.33 bits per heavy atom. The van der Waals surface area contributed by atoms with Crippen molar-refractivity contribution in [3.05, 3.63) is 29.3 Å². The quantitative estimate of drug-likeness (QED) is 0.873. The van der Waals surface area contributed by atoms with Crippen molar-refractivity contribution in [2.75, 3.05) is 31.5 Å². The monoisotopic (exact) mass is 329 g/mol. The average Bonchev–Trinajstić information content (AvgIpc) is 2.96. The van der Waals surface area contributed by atoms with Gasteiger partial charge >= 0.3 is 0 Å². The van der Waals surface area contributed by atoms with Gasteiger partial charge in [0, 0.05) is 25.2 Å². The van der Waals surface area contributed by atoms with Gasteiger partial charge in [-0.25, -0.2) is 0 Å². The number of likely N-dealkylation sites (tertiary alicyclic amines) is 1. The number of fused-ring (bicyclic) bond motifs is 1. The molecule has 1 atom stereocenters. The lowest BCUT2D eigenvalue weighted by atomic mass is 9.96. The Labute approximate surface area is 146 Å². The van der Waals surface area contributed by atoms with Crippen LogP contribution in [0.1, 0.15) is 37.8 Å². The summed E-state index contributed by atoms with van der Waals surface area (Å²) in [5.41, 5.74) is 3.63. The van der Waals surface area contributed by atoms with Gasteiger partial charge in [0.2, 0.25) is 5.91 Å². The predicted molar refractivity (Wildman–Crippen MR) is 99.3 cm³/mol. The summed E-state index contributed by atoms with van der Waals surface area (Å²) in [5.74, 6) is 1.51. The molecular weight excluding hydrogens is 298 g/mol. The maximum Gasteiger partial charge on any atom is 0.242 e. The number of anilines is 1. The van der Waals surface area contributed by atoms with Crippen molar-refractivity contribution in [2.45, 2.75) is 46.1 Å². The van der Waals surface area contributed by atoms with E-state index in [-0.39, 0.29) is 11.9 Å². The van der Waals surface area contributed by atoms with E-state index >= 15 is 0 Å². The SMILES string of the molecule is Cc1ccc2c(c1)CC(C(=O)NCC1CCN(CC(C)C)CC1)N2. The molecule has 1 aromatic carbocycles. The zero-order valence-corrected chi connectivity index (χ0v) is 15.3. The number of aryl methyl sites for hydroxylation is 1. The van der Waals surface area contributed by atoms with Crippen LogP contribution in [0, 0.1) is 18.8 Å². The van der Waals surface area contributed by atoms with E-state index in [1.54, 1.807) is 0 Å². The molecule has 0 spiro atoms. The van der Waals surface area contributed by atoms with Crippen LogP contribution < -0.4 is 10.6 Å². The third kappa shape index (κ3) is 4.29. The maximum absolute atomic E-state index is 12.5. The Balaban J connectivity index is 1.41. The van der Waals surface area contributed by atoms with Crippen LogP contribution in [-0.4, -0.2) is 43.0 Å². The second-order valence-electron chi connectivity index (χ2n) is 7.94. The molecule has 0 aromatic heterocycles. The number of benzene rings is 1. The number of carbonyl (C=O) groups is 1. The van der Waals surface area contributed by atoms with E-state index < -0.39 is 0 Å². The first-order valence-corrected chi connectivity index (χ1v) is 9.37. The second kappa shape index (κ2) is 7.56. The van der Waals surface area contributed by atoms with Gasteiger partial charge in [0.05, 0.1) is 0 Å². The topological polar surface area (TPSA) is 44.4 Å². The summed E-state index contributed by atoms with van der Waals surface area (Å²) < 4.78 is 0. The molecule has 0 radical (unpaired) electrons. The average molecular weight is 329 g/mol. The fourth-order valence-electron chi connectivity index (χ4n) is 3.91. The summed E-state index contributed by atoms with van der Waals surface area (Å²) in [6.45, 7) is 11.0. The van der Waals surface area contributed by atoms with E-state index in [9.17, 15) is 4.79 Å². The van der Waals surface area contributed by atoms with Crippen molar-refractivity contribution < 1.29 is 4.79 Å². The van der Waals surface area contributed by atoms with Gasteiger partial charge in [0.1, 0.15) is 6.04 Å². The number of piperidine rings is 1. The lowest BCUT2D eigenvalue weighted by Crippen LogP contribution is -2.43. The molecule has 2 heterocycles. The molecular formula is C20H31N3O. The number of rotatable bonds is 5. The number of nitrogens with zero attached hydrogens (tertiary/aromatic N) is 1. The molecule has 1 unspecified atom stereocenters. The fourth-order valence-corrected chi connectivity index (χ4v) is 3.91. The molecule has 132 valence electrons. The Morgan fingerprint density at radius 3 is 2.79 bits per heavy atom. The molecule has 4 heteroatoms. The van der Waals surface area contributed by atoms with Crippen molar-refractivity contribution in [3.63, 3.8) is 0 Å². The summed E-state index contributed by atoms with van der Waals surface area (Å²) in [5, 5.41) is 6.54. The third-order valence-corrected chi connectivity index (χ3v) is 5.23. The van der Waals surface area contributed by atoms with Gasteiger partial charge in [0.15, 0.2) is 0 Å². The zero-order chi connectivity index (χ0) is 17.1. The largest absolute Gasteiger partial charge is 0.373 e. The molecule has 1 saturated heterocycles. The minimum atomic E-state index is -0.108. The molecule has 3 rings (SSSR count). The highest BCUT2D eigenvalue weighted by Crippen LogP contribution is 2.26. The van der Waals surface area contributed by atoms with Crippen LogP contribution in [0.25, 0.3) is 0 Å². The van der Waals surface area contributed by atoms with Crippen molar-refractivity contribution in [1.29, 1.82) is 0 Å². The van der Waals surface area contributed by atoms with Crippen molar-refractivity contribution >= 4 is 11.6 Å². The molecule has 2 aliphatic heterocycles. The third-order valence-electron chi connectivity index (χ3n) is 5.23. The van der Waals surface area contributed by atoms with Crippen LogP contribution in [-0.2, 0) is 11.2 Å². The summed E-state index contributed by atoms with van der Waals surface area (Å²) in [7, 11) is 0. The number of carbonyl (C=O) groups excluding carboxylic acids is 1. The normalized spacial score (nSPS) is 21.6. The Kier molecular flexibility index (Phi) is 5.44. The van der Waals surface area contributed by atoms with Crippen LogP contribution in [0.2, 0.25) is 0 Å². The second-order valence-corrected chi connectivity index (χ2v) is 7.94. The first kappa shape index (κ1) is 17.3. The molecule has 1 aromatic rings. The highest BCUT2D eigenvalue weighted by atomic mass is 16.2. The van der Waals surface area contributed by atoms with E-state index in [0.29, 0.717) is 5.92 Å². The standard InChI is InChI=1S/C20H31N3O/c1-14(2)13-23-8-6-16(7-9-23)12-21-20(24)19-11-17-10-15(3)4-5-18(17)22-19/h4-5,10,14,16,19,22H,6-9,11-13H2,1-3H3,(H,21,24). The molecule has 24 heavy (non-hydrogen) atoms. The van der Waals surface area contributed by atoms with E-state index in [0.717, 1.165) is 24.6 Å². The molecule has 1 amide bonds. The van der Waals surface area contributed by atoms with Gasteiger partial charge < -0.3 is 15.5 Å². The smallest absolute Gasteiger partial charge is 0.242 e. The van der Waals surface area contributed by atoms with Gasteiger partial charge in [-0.15, -0.1) is 0 Å². The molecule has 0 saturated carbocycles. The molecule has 1 fully saturated rings. The minimum absolute atomic E-state index is 0.108. The van der Waals surface area contributed by atoms with Crippen molar-refractivity contribution in [1.82, 2.24) is 10.2 Å².